The van der Waals surface area contributed by atoms with Gasteiger partial charge in [0, 0.05) is 18.3 Å². The van der Waals surface area contributed by atoms with Crippen LogP contribution in [-0.4, -0.2) is 26.7 Å². The quantitative estimate of drug-likeness (QED) is 0.480. The topological polar surface area (TPSA) is 68.9 Å². The average Bonchev–Trinajstić information content (AvgIpc) is 2.55. The lowest BCUT2D eigenvalue weighted by Gasteiger charge is -2.12. The van der Waals surface area contributed by atoms with Gasteiger partial charge in [-0.05, 0) is 44.2 Å². The zero-order valence-corrected chi connectivity index (χ0v) is 13.4. The Hall–Kier alpha value is -2.17. The van der Waals surface area contributed by atoms with Crippen LogP contribution in [0.5, 0.6) is 11.5 Å². The molecule has 1 aromatic rings. The second kappa shape index (κ2) is 8.32. The van der Waals surface area contributed by atoms with Crippen molar-refractivity contribution in [1.29, 1.82) is 0 Å². The first kappa shape index (κ1) is 16.2. The summed E-state index contributed by atoms with van der Waals surface area (Å²) in [6.07, 6.45) is 8.37. The van der Waals surface area contributed by atoms with E-state index in [-0.39, 0.29) is 0 Å². The number of methoxy groups -OCH3 is 2. The first-order valence-electron chi connectivity index (χ1n) is 7.70. The van der Waals surface area contributed by atoms with Crippen molar-refractivity contribution >= 4 is 11.6 Å². The van der Waals surface area contributed by atoms with Gasteiger partial charge in [0.05, 0.1) is 14.2 Å². The Bertz CT molecular complexity index is 553. The van der Waals surface area contributed by atoms with E-state index >= 15 is 0 Å². The summed E-state index contributed by atoms with van der Waals surface area (Å²) in [7, 11) is 3.22. The van der Waals surface area contributed by atoms with Gasteiger partial charge in [0.2, 0.25) is 0 Å². The van der Waals surface area contributed by atoms with Gasteiger partial charge in [-0.3, -0.25) is 4.99 Å². The van der Waals surface area contributed by atoms with Crippen LogP contribution in [0, 0.1) is 0 Å². The third-order valence-electron chi connectivity index (χ3n) is 3.76. The molecule has 0 atom stereocenters. The van der Waals surface area contributed by atoms with Crippen LogP contribution in [0.3, 0.4) is 0 Å². The highest BCUT2D eigenvalue weighted by molar-refractivity contribution is 5.92. The number of nitrogens with two attached hydrogens (primary N) is 1. The van der Waals surface area contributed by atoms with E-state index < -0.39 is 0 Å². The lowest BCUT2D eigenvalue weighted by molar-refractivity contribution is 0.355. The molecule has 5 nitrogen and oxygen atoms in total. The SMILES string of the molecule is COc1ccc(NC(N)=NCCC2=CCCCC2)cc1OC. The van der Waals surface area contributed by atoms with E-state index in [9.17, 15) is 0 Å². The van der Waals surface area contributed by atoms with Gasteiger partial charge in [0.1, 0.15) is 0 Å². The summed E-state index contributed by atoms with van der Waals surface area (Å²) in [6, 6.07) is 5.56. The first-order valence-corrected chi connectivity index (χ1v) is 7.70. The molecular weight excluding hydrogens is 278 g/mol. The van der Waals surface area contributed by atoms with Gasteiger partial charge in [-0.1, -0.05) is 11.6 Å². The van der Waals surface area contributed by atoms with Crippen molar-refractivity contribution in [2.24, 2.45) is 10.7 Å². The van der Waals surface area contributed by atoms with E-state index in [4.69, 9.17) is 15.2 Å². The molecule has 0 radical (unpaired) electrons. The maximum absolute atomic E-state index is 5.93. The maximum atomic E-state index is 5.93. The monoisotopic (exact) mass is 303 g/mol. The van der Waals surface area contributed by atoms with Gasteiger partial charge in [-0.25, -0.2) is 0 Å². The van der Waals surface area contributed by atoms with Crippen LogP contribution in [0.15, 0.2) is 34.8 Å². The molecule has 3 N–H and O–H groups in total. The summed E-state index contributed by atoms with van der Waals surface area (Å²) < 4.78 is 10.5. The number of hydrogen-bond acceptors (Lipinski definition) is 3. The van der Waals surface area contributed by atoms with Crippen molar-refractivity contribution in [1.82, 2.24) is 0 Å². The van der Waals surface area contributed by atoms with Crippen LogP contribution in [0.2, 0.25) is 0 Å². The average molecular weight is 303 g/mol. The van der Waals surface area contributed by atoms with E-state index in [0.717, 1.165) is 18.7 Å². The molecule has 22 heavy (non-hydrogen) atoms. The van der Waals surface area contributed by atoms with E-state index in [1.807, 2.05) is 18.2 Å². The molecule has 0 unspecified atom stereocenters. The second-order valence-corrected chi connectivity index (χ2v) is 5.32. The van der Waals surface area contributed by atoms with Crippen LogP contribution < -0.4 is 20.5 Å². The highest BCUT2D eigenvalue weighted by Gasteiger charge is 2.05. The Morgan fingerprint density at radius 3 is 2.73 bits per heavy atom. The van der Waals surface area contributed by atoms with Crippen LogP contribution in [0.25, 0.3) is 0 Å². The van der Waals surface area contributed by atoms with E-state index in [0.29, 0.717) is 17.5 Å². The predicted octanol–water partition coefficient (Wildman–Crippen LogP) is 3.32. The third-order valence-corrected chi connectivity index (χ3v) is 3.76. The predicted molar refractivity (Wildman–Crippen MR) is 90.8 cm³/mol. The minimum absolute atomic E-state index is 0.420. The molecular formula is C17H25N3O2. The zero-order valence-electron chi connectivity index (χ0n) is 13.4. The van der Waals surface area contributed by atoms with Crippen molar-refractivity contribution in [2.45, 2.75) is 32.1 Å². The number of nitrogens with zero attached hydrogens (tertiary/aromatic N) is 1. The molecule has 1 aliphatic rings. The molecule has 0 saturated carbocycles. The highest BCUT2D eigenvalue weighted by Crippen LogP contribution is 2.29. The van der Waals surface area contributed by atoms with Crippen molar-refractivity contribution in [3.8, 4) is 11.5 Å². The van der Waals surface area contributed by atoms with Crippen LogP contribution in [0.1, 0.15) is 32.1 Å². The fourth-order valence-electron chi connectivity index (χ4n) is 2.55. The Kier molecular flexibility index (Phi) is 6.13. The number of aliphatic imine (C=N–C) groups is 1. The minimum atomic E-state index is 0.420. The Labute approximate surface area is 132 Å². The van der Waals surface area contributed by atoms with E-state index in [1.54, 1.807) is 14.2 Å². The molecule has 0 aliphatic heterocycles. The van der Waals surface area contributed by atoms with E-state index in [1.165, 1.54) is 31.3 Å². The molecule has 0 bridgehead atoms. The number of anilines is 1. The number of nitrogens with one attached hydrogen (secondary N) is 1. The lowest BCUT2D eigenvalue weighted by Crippen LogP contribution is -2.23. The number of ether oxygens (including phenoxy) is 2. The number of benzene rings is 1. The van der Waals surface area contributed by atoms with Crippen molar-refractivity contribution in [2.75, 3.05) is 26.1 Å². The van der Waals surface area contributed by atoms with Crippen molar-refractivity contribution < 1.29 is 9.47 Å². The van der Waals surface area contributed by atoms with Crippen LogP contribution >= 0.6 is 0 Å². The third kappa shape index (κ3) is 4.69. The Morgan fingerprint density at radius 1 is 1.23 bits per heavy atom. The van der Waals surface area contributed by atoms with Gasteiger partial charge < -0.3 is 20.5 Å². The molecule has 0 fully saturated rings. The second-order valence-electron chi connectivity index (χ2n) is 5.32. The lowest BCUT2D eigenvalue weighted by atomic mass is 9.97. The van der Waals surface area contributed by atoms with Crippen molar-refractivity contribution in [3.05, 3.63) is 29.8 Å². The molecule has 5 heteroatoms. The summed E-state index contributed by atoms with van der Waals surface area (Å²) in [6.45, 7) is 0.720. The number of rotatable bonds is 6. The molecule has 0 spiro atoms. The smallest absolute Gasteiger partial charge is 0.193 e. The molecule has 0 aromatic heterocycles. The molecule has 0 heterocycles. The molecule has 1 aliphatic carbocycles. The summed E-state index contributed by atoms with van der Waals surface area (Å²) in [5, 5.41) is 3.08. The Balaban J connectivity index is 1.89. The standard InChI is InChI=1S/C17H25N3O2/c1-21-15-9-8-14(12-16(15)22-2)20-17(18)19-11-10-13-6-4-3-5-7-13/h6,8-9,12H,3-5,7,10-11H2,1-2H3,(H3,18,19,20). The van der Waals surface area contributed by atoms with Gasteiger partial charge >= 0.3 is 0 Å². The molecule has 1 aromatic carbocycles. The molecule has 2 rings (SSSR count). The van der Waals surface area contributed by atoms with Crippen LogP contribution in [0.4, 0.5) is 5.69 Å². The number of guanidine groups is 1. The maximum Gasteiger partial charge on any atom is 0.193 e. The summed E-state index contributed by atoms with van der Waals surface area (Å²) in [5.41, 5.74) is 8.27. The normalized spacial score (nSPS) is 15.2. The largest absolute Gasteiger partial charge is 0.493 e. The number of hydrogen-bond donors (Lipinski definition) is 2. The van der Waals surface area contributed by atoms with E-state index in [2.05, 4.69) is 16.4 Å². The molecule has 0 amide bonds. The fraction of sp³-hybridized carbons (Fsp3) is 0.471. The number of allylic oxidation sites excluding steroid dienone is 1. The first-order chi connectivity index (χ1) is 10.7. The van der Waals surface area contributed by atoms with Crippen molar-refractivity contribution in [3.63, 3.8) is 0 Å². The Morgan fingerprint density at radius 2 is 2.05 bits per heavy atom. The summed E-state index contributed by atoms with van der Waals surface area (Å²) >= 11 is 0. The van der Waals surface area contributed by atoms with Crippen LogP contribution in [-0.2, 0) is 0 Å². The molecule has 120 valence electrons. The van der Waals surface area contributed by atoms with Gasteiger partial charge in [0.15, 0.2) is 17.5 Å². The van der Waals surface area contributed by atoms with Gasteiger partial charge in [-0.15, -0.1) is 0 Å². The van der Waals surface area contributed by atoms with Gasteiger partial charge in [-0.2, -0.15) is 0 Å². The zero-order chi connectivity index (χ0) is 15.8. The minimum Gasteiger partial charge on any atom is -0.493 e. The highest BCUT2D eigenvalue weighted by atomic mass is 16.5. The molecule has 0 saturated heterocycles. The summed E-state index contributed by atoms with van der Waals surface area (Å²) in [4.78, 5) is 4.38. The van der Waals surface area contributed by atoms with Gasteiger partial charge in [0.25, 0.3) is 0 Å². The summed E-state index contributed by atoms with van der Waals surface area (Å²) in [5.74, 6) is 1.77. The fourth-order valence-corrected chi connectivity index (χ4v) is 2.55.